The number of nitro groups is 1. The molecule has 104 valence electrons. The van der Waals surface area contributed by atoms with Gasteiger partial charge in [0, 0.05) is 24.1 Å². The molecule has 2 aromatic carbocycles. The van der Waals surface area contributed by atoms with Crippen LogP contribution in [-0.4, -0.2) is 4.92 Å². The molecule has 0 aliphatic carbocycles. The van der Waals surface area contributed by atoms with Crippen molar-refractivity contribution in [3.05, 3.63) is 82.4 Å². The zero-order chi connectivity index (χ0) is 15.1. The summed E-state index contributed by atoms with van der Waals surface area (Å²) in [6.45, 7) is 3.87. The summed E-state index contributed by atoms with van der Waals surface area (Å²) in [4.78, 5) is 10.3. The van der Waals surface area contributed by atoms with Gasteiger partial charge in [0.05, 0.1) is 4.92 Å². The molecule has 2 rings (SSSR count). The minimum Gasteiger partial charge on any atom is -0.258 e. The lowest BCUT2D eigenvalue weighted by molar-refractivity contribution is -0.384. The molecule has 0 fully saturated rings. The highest BCUT2D eigenvalue weighted by atomic mass is 16.6. The van der Waals surface area contributed by atoms with Gasteiger partial charge in [-0.2, -0.15) is 0 Å². The molecule has 0 atom stereocenters. The van der Waals surface area contributed by atoms with E-state index < -0.39 is 4.92 Å². The highest BCUT2D eigenvalue weighted by Gasteiger charge is 2.06. The Balaban J connectivity index is 1.97. The fraction of sp³-hybridized carbons (Fsp3) is 0.111. The fourth-order valence-electron chi connectivity index (χ4n) is 1.90. The van der Waals surface area contributed by atoms with Gasteiger partial charge in [-0.3, -0.25) is 10.1 Å². The fourth-order valence-corrected chi connectivity index (χ4v) is 1.90. The van der Waals surface area contributed by atoms with Gasteiger partial charge in [0.25, 0.3) is 5.69 Å². The van der Waals surface area contributed by atoms with Crippen molar-refractivity contribution in [2.45, 2.75) is 12.8 Å². The van der Waals surface area contributed by atoms with Crippen molar-refractivity contribution < 1.29 is 4.92 Å². The summed E-state index contributed by atoms with van der Waals surface area (Å²) in [6, 6.07) is 16.5. The summed E-state index contributed by atoms with van der Waals surface area (Å²) in [5, 5.41) is 10.7. The van der Waals surface area contributed by atoms with Crippen molar-refractivity contribution in [1.29, 1.82) is 0 Å². The first kappa shape index (κ1) is 14.5. The van der Waals surface area contributed by atoms with E-state index in [1.807, 2.05) is 18.2 Å². The zero-order valence-electron chi connectivity index (χ0n) is 11.6. The predicted molar refractivity (Wildman–Crippen MR) is 84.7 cm³/mol. The van der Waals surface area contributed by atoms with Crippen LogP contribution in [-0.2, 0) is 6.42 Å². The van der Waals surface area contributed by atoms with Crippen LogP contribution < -0.4 is 0 Å². The predicted octanol–water partition coefficient (Wildman–Crippen LogP) is 4.24. The molecule has 0 unspecified atom stereocenters. The third-order valence-corrected chi connectivity index (χ3v) is 3.03. The maximum atomic E-state index is 10.7. The van der Waals surface area contributed by atoms with E-state index in [0.717, 1.165) is 12.8 Å². The van der Waals surface area contributed by atoms with Crippen LogP contribution in [0.2, 0.25) is 0 Å². The third kappa shape index (κ3) is 4.32. The van der Waals surface area contributed by atoms with E-state index in [2.05, 4.69) is 30.6 Å². The van der Waals surface area contributed by atoms with E-state index in [-0.39, 0.29) is 5.69 Å². The molecule has 21 heavy (non-hydrogen) atoms. The van der Waals surface area contributed by atoms with Gasteiger partial charge in [-0.1, -0.05) is 60.9 Å². The van der Waals surface area contributed by atoms with Gasteiger partial charge in [-0.05, 0) is 17.5 Å². The Labute approximate surface area is 124 Å². The molecule has 0 aliphatic rings. The highest BCUT2D eigenvalue weighted by Crippen LogP contribution is 2.18. The van der Waals surface area contributed by atoms with E-state index in [4.69, 9.17) is 0 Å². The Hall–Kier alpha value is -2.86. The first-order valence-corrected chi connectivity index (χ1v) is 6.63. The van der Waals surface area contributed by atoms with E-state index >= 15 is 0 Å². The van der Waals surface area contributed by atoms with Crippen LogP contribution in [0.3, 0.4) is 0 Å². The van der Waals surface area contributed by atoms with Crippen LogP contribution in [0.4, 0.5) is 5.69 Å². The second-order valence-corrected chi connectivity index (χ2v) is 4.57. The molecule has 0 aliphatic heterocycles. The zero-order valence-corrected chi connectivity index (χ0v) is 11.6. The number of benzene rings is 2. The standard InChI is InChI=1S/C18H15NO2/c1-15(17-12-7-13-18(14-17)19(20)21)8-5-6-11-16-9-3-2-4-10-16/h2-4,7,9-10,12-14H,1,6,11H2. The summed E-state index contributed by atoms with van der Waals surface area (Å²) in [5.74, 6) is 6.03. The third-order valence-electron chi connectivity index (χ3n) is 3.03. The van der Waals surface area contributed by atoms with Gasteiger partial charge in [0.2, 0.25) is 0 Å². The molecule has 2 aromatic rings. The van der Waals surface area contributed by atoms with Crippen molar-refractivity contribution in [2.75, 3.05) is 0 Å². The van der Waals surface area contributed by atoms with Gasteiger partial charge in [0.15, 0.2) is 0 Å². The molecule has 3 nitrogen and oxygen atoms in total. The summed E-state index contributed by atoms with van der Waals surface area (Å²) in [7, 11) is 0. The first-order chi connectivity index (χ1) is 10.2. The molecule has 0 saturated carbocycles. The van der Waals surface area contributed by atoms with Crippen LogP contribution in [0, 0.1) is 22.0 Å². The quantitative estimate of drug-likeness (QED) is 0.476. The average Bonchev–Trinajstić information content (AvgIpc) is 2.52. The van der Waals surface area contributed by atoms with E-state index in [1.165, 1.54) is 17.7 Å². The SMILES string of the molecule is C=C(C#CCCc1ccccc1)c1cccc([N+](=O)[O-])c1. The van der Waals surface area contributed by atoms with Crippen LogP contribution in [0.25, 0.3) is 5.57 Å². The molecule has 0 heterocycles. The van der Waals surface area contributed by atoms with Crippen molar-refractivity contribution in [2.24, 2.45) is 0 Å². The van der Waals surface area contributed by atoms with Crippen molar-refractivity contribution >= 4 is 11.3 Å². The number of nitro benzene ring substituents is 1. The smallest absolute Gasteiger partial charge is 0.258 e. The number of nitrogens with zero attached hydrogens (tertiary/aromatic N) is 1. The topological polar surface area (TPSA) is 43.1 Å². The lowest BCUT2D eigenvalue weighted by atomic mass is 10.1. The summed E-state index contributed by atoms with van der Waals surface area (Å²) < 4.78 is 0. The lowest BCUT2D eigenvalue weighted by Crippen LogP contribution is -1.89. The molecule has 0 radical (unpaired) electrons. The Morgan fingerprint density at radius 1 is 1.14 bits per heavy atom. The summed E-state index contributed by atoms with van der Waals surface area (Å²) >= 11 is 0. The molecular weight excluding hydrogens is 262 g/mol. The maximum Gasteiger partial charge on any atom is 0.270 e. The molecule has 3 heteroatoms. The van der Waals surface area contributed by atoms with Crippen LogP contribution in [0.5, 0.6) is 0 Å². The minimum absolute atomic E-state index is 0.0553. The number of hydrogen-bond donors (Lipinski definition) is 0. The van der Waals surface area contributed by atoms with Gasteiger partial charge in [0.1, 0.15) is 0 Å². The van der Waals surface area contributed by atoms with Crippen LogP contribution >= 0.6 is 0 Å². The molecule has 0 amide bonds. The highest BCUT2D eigenvalue weighted by molar-refractivity contribution is 5.77. The number of hydrogen-bond acceptors (Lipinski definition) is 2. The molecule has 0 bridgehead atoms. The molecule has 0 aromatic heterocycles. The molecule has 0 saturated heterocycles. The first-order valence-electron chi connectivity index (χ1n) is 6.63. The van der Waals surface area contributed by atoms with E-state index in [0.29, 0.717) is 11.1 Å². The van der Waals surface area contributed by atoms with Crippen molar-refractivity contribution in [3.8, 4) is 11.8 Å². The monoisotopic (exact) mass is 277 g/mol. The number of allylic oxidation sites excluding steroid dienone is 1. The molecule has 0 N–H and O–H groups in total. The van der Waals surface area contributed by atoms with Crippen LogP contribution in [0.1, 0.15) is 17.5 Å². The van der Waals surface area contributed by atoms with E-state index in [1.54, 1.807) is 12.1 Å². The number of non-ortho nitro benzene ring substituents is 1. The average molecular weight is 277 g/mol. The second kappa shape index (κ2) is 7.06. The van der Waals surface area contributed by atoms with E-state index in [9.17, 15) is 10.1 Å². The Kier molecular flexibility index (Phi) is 4.89. The molecular formula is C18H15NO2. The van der Waals surface area contributed by atoms with Gasteiger partial charge in [-0.15, -0.1) is 0 Å². The Bertz CT molecular complexity index is 709. The normalized spacial score (nSPS) is 9.52. The largest absolute Gasteiger partial charge is 0.270 e. The second-order valence-electron chi connectivity index (χ2n) is 4.57. The maximum absolute atomic E-state index is 10.7. The van der Waals surface area contributed by atoms with Gasteiger partial charge >= 0.3 is 0 Å². The summed E-state index contributed by atoms with van der Waals surface area (Å²) in [5.41, 5.74) is 2.59. The van der Waals surface area contributed by atoms with Crippen LogP contribution in [0.15, 0.2) is 61.2 Å². The minimum atomic E-state index is -0.417. The Morgan fingerprint density at radius 3 is 2.62 bits per heavy atom. The van der Waals surface area contributed by atoms with Gasteiger partial charge in [-0.25, -0.2) is 0 Å². The number of rotatable bonds is 4. The lowest BCUT2D eigenvalue weighted by Gasteiger charge is -1.98. The Morgan fingerprint density at radius 2 is 1.90 bits per heavy atom. The summed E-state index contributed by atoms with van der Waals surface area (Å²) in [6.07, 6.45) is 1.62. The van der Waals surface area contributed by atoms with Crippen molar-refractivity contribution in [1.82, 2.24) is 0 Å². The van der Waals surface area contributed by atoms with Crippen molar-refractivity contribution in [3.63, 3.8) is 0 Å². The van der Waals surface area contributed by atoms with Gasteiger partial charge < -0.3 is 0 Å². The number of aryl methyl sites for hydroxylation is 1. The molecule has 0 spiro atoms.